The molecule has 0 saturated heterocycles. The van der Waals surface area contributed by atoms with E-state index in [0.29, 0.717) is 11.5 Å². The van der Waals surface area contributed by atoms with Gasteiger partial charge in [-0.05, 0) is 69.8 Å². The maximum absolute atomic E-state index is 12.9. The van der Waals surface area contributed by atoms with Gasteiger partial charge in [-0.1, -0.05) is 64.7 Å². The lowest BCUT2D eigenvalue weighted by molar-refractivity contribution is -0.117. The summed E-state index contributed by atoms with van der Waals surface area (Å²) in [6.45, 7) is 21.3. The van der Waals surface area contributed by atoms with Gasteiger partial charge in [-0.25, -0.2) is 4.99 Å². The zero-order valence-electron chi connectivity index (χ0n) is 21.6. The van der Waals surface area contributed by atoms with Crippen molar-refractivity contribution in [1.82, 2.24) is 5.32 Å². The van der Waals surface area contributed by atoms with E-state index in [1.807, 2.05) is 47.6 Å². The monoisotopic (exact) mass is 453 g/mol. The fourth-order valence-electron chi connectivity index (χ4n) is 3.36. The largest absolute Gasteiger partial charge is 0.463 e. The smallest absolute Gasteiger partial charge is 0.254 e. The van der Waals surface area contributed by atoms with E-state index in [4.69, 9.17) is 10.5 Å². The summed E-state index contributed by atoms with van der Waals surface area (Å²) in [5, 5.41) is 3.09. The highest BCUT2D eigenvalue weighted by molar-refractivity contribution is 6.20. The zero-order valence-corrected chi connectivity index (χ0v) is 21.6. The maximum Gasteiger partial charge on any atom is 0.254 e. The normalized spacial score (nSPS) is 16.5. The number of rotatable bonds is 11. The first-order valence-electron chi connectivity index (χ1n) is 11.8. The van der Waals surface area contributed by atoms with Crippen LogP contribution in [0.4, 0.5) is 0 Å². The third-order valence-corrected chi connectivity index (χ3v) is 4.91. The van der Waals surface area contributed by atoms with Gasteiger partial charge in [0.05, 0.1) is 17.9 Å². The molecule has 1 rings (SSSR count). The van der Waals surface area contributed by atoms with Gasteiger partial charge in [0.15, 0.2) is 0 Å². The number of carbonyl (C=O) groups excluding carboxylic acids is 1. The standard InChI is InChI=1S/C26H37N3O2.C2H6/c1-8-12-14-20-15-16-22(21(20)13-9-2)28-26(30)19(7)25(27)29-24(18(5)6)23(11-4)31-17-10-3;1-2/h8,10-12,14,17,22H,1,7,9,13,15-16H2,2-6H3,(H2,27,29)(H,28,30);1-2H3/b14-12-,17-10-,23-11-;. The lowest BCUT2D eigenvalue weighted by atomic mass is 10.0. The van der Waals surface area contributed by atoms with E-state index in [9.17, 15) is 4.79 Å². The molecule has 0 radical (unpaired) electrons. The Bertz CT molecular complexity index is 864. The molecule has 33 heavy (non-hydrogen) atoms. The molecule has 0 bridgehead atoms. The van der Waals surface area contributed by atoms with E-state index in [1.54, 1.807) is 24.5 Å². The van der Waals surface area contributed by atoms with Crippen molar-refractivity contribution in [3.63, 3.8) is 0 Å². The molecular weight excluding hydrogens is 410 g/mol. The van der Waals surface area contributed by atoms with Crippen molar-refractivity contribution in [2.75, 3.05) is 0 Å². The first kappa shape index (κ1) is 29.9. The van der Waals surface area contributed by atoms with Crippen LogP contribution in [0.1, 0.15) is 74.1 Å². The van der Waals surface area contributed by atoms with Crippen LogP contribution in [0.15, 0.2) is 88.5 Å². The Morgan fingerprint density at radius 2 is 1.97 bits per heavy atom. The summed E-state index contributed by atoms with van der Waals surface area (Å²) < 4.78 is 5.61. The molecule has 0 aromatic carbocycles. The number of nitrogens with two attached hydrogens (primary N) is 1. The van der Waals surface area contributed by atoms with Crippen LogP contribution < -0.4 is 11.1 Å². The number of hydrogen-bond acceptors (Lipinski definition) is 3. The number of hydrogen-bond donors (Lipinski definition) is 2. The van der Waals surface area contributed by atoms with Crippen LogP contribution in [0.5, 0.6) is 0 Å². The molecule has 0 aromatic heterocycles. The third kappa shape index (κ3) is 9.52. The van der Waals surface area contributed by atoms with E-state index < -0.39 is 0 Å². The quantitative estimate of drug-likeness (QED) is 0.119. The predicted molar refractivity (Wildman–Crippen MR) is 143 cm³/mol. The minimum absolute atomic E-state index is 0.0199. The summed E-state index contributed by atoms with van der Waals surface area (Å²) in [6.07, 6.45) is 14.7. The molecule has 1 aliphatic rings. The number of amidine groups is 1. The van der Waals surface area contributed by atoms with Gasteiger partial charge in [0.2, 0.25) is 0 Å². The number of allylic oxidation sites excluding steroid dienone is 7. The summed E-state index contributed by atoms with van der Waals surface area (Å²) in [5.74, 6) is 0.332. The Hall–Kier alpha value is -3.08. The number of nitrogens with one attached hydrogen (secondary N) is 1. The van der Waals surface area contributed by atoms with Crippen LogP contribution in [0.3, 0.4) is 0 Å². The Morgan fingerprint density at radius 1 is 1.30 bits per heavy atom. The summed E-state index contributed by atoms with van der Waals surface area (Å²) in [5.41, 5.74) is 10.3. The van der Waals surface area contributed by atoms with E-state index in [0.717, 1.165) is 31.3 Å². The Kier molecular flexibility index (Phi) is 15.0. The maximum atomic E-state index is 12.9. The van der Waals surface area contributed by atoms with Gasteiger partial charge >= 0.3 is 0 Å². The third-order valence-electron chi connectivity index (χ3n) is 4.91. The lowest BCUT2D eigenvalue weighted by Crippen LogP contribution is -2.38. The van der Waals surface area contributed by atoms with Crippen molar-refractivity contribution < 1.29 is 9.53 Å². The second-order valence-corrected chi connectivity index (χ2v) is 7.52. The average molecular weight is 454 g/mol. The molecular formula is C28H43N3O2. The number of nitrogens with zero attached hydrogens (tertiary/aromatic N) is 1. The molecule has 182 valence electrons. The van der Waals surface area contributed by atoms with Gasteiger partial charge < -0.3 is 15.8 Å². The highest BCUT2D eigenvalue weighted by Gasteiger charge is 2.26. The average Bonchev–Trinajstić information content (AvgIpc) is 3.18. The van der Waals surface area contributed by atoms with Crippen molar-refractivity contribution in [2.45, 2.75) is 80.2 Å². The van der Waals surface area contributed by atoms with Gasteiger partial charge in [0.25, 0.3) is 5.91 Å². The van der Waals surface area contributed by atoms with E-state index in [1.165, 1.54) is 11.1 Å². The number of carbonyl (C=O) groups is 1. The minimum atomic E-state index is -0.307. The number of aliphatic imine (C=N–C) groups is 1. The van der Waals surface area contributed by atoms with Crippen molar-refractivity contribution in [2.24, 2.45) is 10.7 Å². The lowest BCUT2D eigenvalue weighted by Gasteiger charge is -2.18. The van der Waals surface area contributed by atoms with Crippen molar-refractivity contribution in [3.05, 3.63) is 83.5 Å². The topological polar surface area (TPSA) is 76.7 Å². The van der Waals surface area contributed by atoms with Crippen LogP contribution in [0, 0.1) is 0 Å². The fourth-order valence-corrected chi connectivity index (χ4v) is 3.36. The SMILES string of the molecule is C=C/C=C\C1=C(CCC)C(NC(=O)C(=C)C(N)=NC(=C(C)C)/C(=C/C)O/C=C\C)CC1.CC. The summed E-state index contributed by atoms with van der Waals surface area (Å²) in [6, 6.07) is -0.0199. The summed E-state index contributed by atoms with van der Waals surface area (Å²) in [4.78, 5) is 17.3. The van der Waals surface area contributed by atoms with Crippen molar-refractivity contribution >= 4 is 11.7 Å². The van der Waals surface area contributed by atoms with Gasteiger partial charge in [-0.3, -0.25) is 4.79 Å². The summed E-state index contributed by atoms with van der Waals surface area (Å²) >= 11 is 0. The molecule has 0 aromatic rings. The molecule has 5 heteroatoms. The van der Waals surface area contributed by atoms with Crippen LogP contribution >= 0.6 is 0 Å². The van der Waals surface area contributed by atoms with Gasteiger partial charge in [0, 0.05) is 0 Å². The molecule has 0 aliphatic heterocycles. The zero-order chi connectivity index (χ0) is 25.4. The number of ether oxygens (including phenoxy) is 1. The van der Waals surface area contributed by atoms with E-state index in [2.05, 4.69) is 36.5 Å². The van der Waals surface area contributed by atoms with E-state index in [-0.39, 0.29) is 23.4 Å². The molecule has 5 nitrogen and oxygen atoms in total. The molecule has 1 aliphatic carbocycles. The first-order chi connectivity index (χ1) is 15.8. The molecule has 3 N–H and O–H groups in total. The Morgan fingerprint density at radius 3 is 2.48 bits per heavy atom. The predicted octanol–water partition coefficient (Wildman–Crippen LogP) is 6.79. The molecule has 1 atom stereocenters. The first-order valence-corrected chi connectivity index (χ1v) is 11.8. The van der Waals surface area contributed by atoms with Crippen LogP contribution in [0.2, 0.25) is 0 Å². The second kappa shape index (κ2) is 16.5. The fraction of sp³-hybridized carbons (Fsp3) is 0.429. The van der Waals surface area contributed by atoms with E-state index >= 15 is 0 Å². The van der Waals surface area contributed by atoms with Crippen LogP contribution in [-0.4, -0.2) is 17.8 Å². The van der Waals surface area contributed by atoms with Crippen LogP contribution in [0.25, 0.3) is 0 Å². The molecule has 0 heterocycles. The van der Waals surface area contributed by atoms with Crippen molar-refractivity contribution in [1.29, 1.82) is 0 Å². The highest BCUT2D eigenvalue weighted by atomic mass is 16.5. The van der Waals surface area contributed by atoms with Gasteiger partial charge in [0.1, 0.15) is 17.3 Å². The second-order valence-electron chi connectivity index (χ2n) is 7.52. The Labute approximate surface area is 201 Å². The minimum Gasteiger partial charge on any atom is -0.463 e. The molecule has 1 amide bonds. The molecule has 0 saturated carbocycles. The van der Waals surface area contributed by atoms with Crippen molar-refractivity contribution in [3.8, 4) is 0 Å². The highest BCUT2D eigenvalue weighted by Crippen LogP contribution is 2.31. The molecule has 1 unspecified atom stereocenters. The number of amides is 1. The van der Waals surface area contributed by atoms with Gasteiger partial charge in [-0.2, -0.15) is 0 Å². The summed E-state index contributed by atoms with van der Waals surface area (Å²) in [7, 11) is 0. The Balaban J connectivity index is 0.00000497. The van der Waals surface area contributed by atoms with Gasteiger partial charge in [-0.15, -0.1) is 0 Å². The molecule has 0 spiro atoms. The molecule has 0 fully saturated rings. The van der Waals surface area contributed by atoms with Crippen LogP contribution in [-0.2, 0) is 9.53 Å².